The first-order valence-corrected chi connectivity index (χ1v) is 6.89. The molecule has 2 amide bonds. The van der Waals surface area contributed by atoms with Crippen molar-refractivity contribution in [2.45, 2.75) is 19.4 Å². The van der Waals surface area contributed by atoms with Crippen molar-refractivity contribution in [1.29, 1.82) is 0 Å². The summed E-state index contributed by atoms with van der Waals surface area (Å²) in [6.45, 7) is 2.77. The van der Waals surface area contributed by atoms with Gasteiger partial charge in [0.2, 0.25) is 0 Å². The van der Waals surface area contributed by atoms with Gasteiger partial charge >= 0.3 is 12.0 Å². The number of carbonyl (C=O) groups is 2. The summed E-state index contributed by atoms with van der Waals surface area (Å²) >= 11 is 0. The number of rotatable bonds is 7. The van der Waals surface area contributed by atoms with E-state index in [1.807, 2.05) is 44.1 Å². The molecule has 0 radical (unpaired) electrons. The Bertz CT molecular complexity index is 462. The third kappa shape index (κ3) is 6.27. The number of likely N-dealkylation sites (N-methyl/N-ethyl adjacent to an activating group) is 1. The van der Waals surface area contributed by atoms with Gasteiger partial charge in [0.05, 0.1) is 6.42 Å². The summed E-state index contributed by atoms with van der Waals surface area (Å²) in [6.07, 6.45) is -0.0929. The predicted octanol–water partition coefficient (Wildman–Crippen LogP) is 1.63. The second-order valence-electron chi connectivity index (χ2n) is 5.24. The average molecular weight is 293 g/mol. The van der Waals surface area contributed by atoms with Crippen LogP contribution in [0.2, 0.25) is 0 Å². The first-order valence-electron chi connectivity index (χ1n) is 6.89. The molecule has 116 valence electrons. The molecule has 0 bridgehead atoms. The molecule has 6 heteroatoms. The zero-order chi connectivity index (χ0) is 15.8. The van der Waals surface area contributed by atoms with Gasteiger partial charge in [-0.15, -0.1) is 0 Å². The quantitative estimate of drug-likeness (QED) is 0.801. The van der Waals surface area contributed by atoms with Crippen LogP contribution in [0.1, 0.15) is 13.3 Å². The van der Waals surface area contributed by atoms with Crippen LogP contribution in [0.3, 0.4) is 0 Å². The molecule has 0 aliphatic carbocycles. The van der Waals surface area contributed by atoms with Crippen molar-refractivity contribution in [1.82, 2.24) is 10.2 Å². The number of carboxylic acids is 1. The first-order chi connectivity index (χ1) is 9.90. The molecule has 1 unspecified atom stereocenters. The molecule has 0 heterocycles. The van der Waals surface area contributed by atoms with Gasteiger partial charge in [0, 0.05) is 24.8 Å². The molecule has 0 saturated carbocycles. The second-order valence-corrected chi connectivity index (χ2v) is 5.24. The van der Waals surface area contributed by atoms with Crippen LogP contribution in [0, 0.1) is 0 Å². The average Bonchev–Trinajstić information content (AvgIpc) is 2.38. The molecule has 1 rings (SSSR count). The number of amides is 2. The van der Waals surface area contributed by atoms with Crippen molar-refractivity contribution in [3.05, 3.63) is 30.3 Å². The largest absolute Gasteiger partial charge is 0.481 e. The van der Waals surface area contributed by atoms with Crippen molar-refractivity contribution in [3.63, 3.8) is 0 Å². The number of aliphatic carboxylic acids is 1. The fourth-order valence-electron chi connectivity index (χ4n) is 2.05. The predicted molar refractivity (Wildman–Crippen MR) is 82.6 cm³/mol. The molecule has 2 N–H and O–H groups in total. The number of urea groups is 1. The van der Waals surface area contributed by atoms with Crippen molar-refractivity contribution in [2.24, 2.45) is 0 Å². The van der Waals surface area contributed by atoms with E-state index in [9.17, 15) is 9.59 Å². The topological polar surface area (TPSA) is 72.9 Å². The fraction of sp³-hybridized carbons (Fsp3) is 0.467. The number of nitrogens with one attached hydrogen (secondary N) is 1. The second kappa shape index (κ2) is 8.26. The molecular formula is C15H23N3O3. The van der Waals surface area contributed by atoms with Crippen LogP contribution in [-0.4, -0.2) is 55.2 Å². The van der Waals surface area contributed by atoms with Gasteiger partial charge in [-0.1, -0.05) is 18.2 Å². The highest BCUT2D eigenvalue weighted by Gasteiger charge is 2.18. The molecule has 0 aliphatic rings. The lowest BCUT2D eigenvalue weighted by Gasteiger charge is -2.26. The van der Waals surface area contributed by atoms with Crippen LogP contribution in [0.4, 0.5) is 10.5 Å². The lowest BCUT2D eigenvalue weighted by atomic mass is 10.2. The zero-order valence-corrected chi connectivity index (χ0v) is 12.7. The lowest BCUT2D eigenvalue weighted by molar-refractivity contribution is -0.136. The summed E-state index contributed by atoms with van der Waals surface area (Å²) in [5, 5.41) is 11.7. The number of nitrogens with zero attached hydrogens (tertiary/aromatic N) is 2. The summed E-state index contributed by atoms with van der Waals surface area (Å²) < 4.78 is 0. The maximum absolute atomic E-state index is 12.4. The summed E-state index contributed by atoms with van der Waals surface area (Å²) in [5.41, 5.74) is 0.688. The lowest BCUT2D eigenvalue weighted by Crippen LogP contribution is -2.47. The summed E-state index contributed by atoms with van der Waals surface area (Å²) in [7, 11) is 3.87. The minimum absolute atomic E-state index is 0.0245. The smallest absolute Gasteiger partial charge is 0.322 e. The number of hydrogen-bond acceptors (Lipinski definition) is 3. The molecule has 21 heavy (non-hydrogen) atoms. The fourth-order valence-corrected chi connectivity index (χ4v) is 2.05. The number of para-hydroxylation sites is 1. The van der Waals surface area contributed by atoms with Crippen LogP contribution < -0.4 is 10.2 Å². The maximum Gasteiger partial charge on any atom is 0.322 e. The normalized spacial score (nSPS) is 12.0. The van der Waals surface area contributed by atoms with E-state index in [-0.39, 0.29) is 25.0 Å². The Kier molecular flexibility index (Phi) is 6.68. The summed E-state index contributed by atoms with van der Waals surface area (Å²) in [4.78, 5) is 26.6. The minimum atomic E-state index is -0.926. The summed E-state index contributed by atoms with van der Waals surface area (Å²) in [5.74, 6) is -0.926. The molecule has 1 atom stereocenters. The highest BCUT2D eigenvalue weighted by Crippen LogP contribution is 2.14. The molecule has 6 nitrogen and oxygen atoms in total. The Morgan fingerprint density at radius 2 is 1.86 bits per heavy atom. The third-order valence-corrected chi connectivity index (χ3v) is 2.87. The number of carboxylic acid groups (broad SMARTS) is 1. The van der Waals surface area contributed by atoms with E-state index < -0.39 is 5.97 Å². The van der Waals surface area contributed by atoms with Crippen LogP contribution in [0.25, 0.3) is 0 Å². The highest BCUT2D eigenvalue weighted by atomic mass is 16.4. The van der Waals surface area contributed by atoms with Gasteiger partial charge < -0.3 is 15.3 Å². The van der Waals surface area contributed by atoms with Crippen molar-refractivity contribution in [3.8, 4) is 0 Å². The zero-order valence-electron chi connectivity index (χ0n) is 12.7. The molecule has 0 fully saturated rings. The van der Waals surface area contributed by atoms with Crippen molar-refractivity contribution in [2.75, 3.05) is 32.1 Å². The Morgan fingerprint density at radius 1 is 1.24 bits per heavy atom. The molecule has 0 aliphatic heterocycles. The van der Waals surface area contributed by atoms with E-state index in [1.165, 1.54) is 4.90 Å². The molecule has 1 aromatic rings. The van der Waals surface area contributed by atoms with E-state index in [0.717, 1.165) is 0 Å². The van der Waals surface area contributed by atoms with Gasteiger partial charge in [-0.05, 0) is 33.2 Å². The Balaban J connectivity index is 2.76. The van der Waals surface area contributed by atoms with E-state index in [0.29, 0.717) is 12.2 Å². The molecule has 0 spiro atoms. The summed E-state index contributed by atoms with van der Waals surface area (Å²) in [6, 6.07) is 8.76. The Labute approximate surface area is 125 Å². The van der Waals surface area contributed by atoms with E-state index in [2.05, 4.69) is 5.32 Å². The van der Waals surface area contributed by atoms with Crippen molar-refractivity contribution >= 4 is 17.7 Å². The number of anilines is 1. The van der Waals surface area contributed by atoms with Gasteiger partial charge in [0.15, 0.2) is 0 Å². The SMILES string of the molecule is CC(CN(C)C)NC(=O)N(CCC(=O)O)c1ccccc1. The maximum atomic E-state index is 12.4. The van der Waals surface area contributed by atoms with Crippen LogP contribution in [0.5, 0.6) is 0 Å². The van der Waals surface area contributed by atoms with Gasteiger partial charge in [0.1, 0.15) is 0 Å². The van der Waals surface area contributed by atoms with E-state index in [4.69, 9.17) is 5.11 Å². The van der Waals surface area contributed by atoms with Crippen LogP contribution in [0.15, 0.2) is 30.3 Å². The van der Waals surface area contributed by atoms with Crippen molar-refractivity contribution < 1.29 is 14.7 Å². The first kappa shape index (κ1) is 17.0. The van der Waals surface area contributed by atoms with Crippen LogP contribution >= 0.6 is 0 Å². The molecule has 1 aromatic carbocycles. The van der Waals surface area contributed by atoms with E-state index in [1.54, 1.807) is 12.1 Å². The number of benzene rings is 1. The minimum Gasteiger partial charge on any atom is -0.481 e. The van der Waals surface area contributed by atoms with Gasteiger partial charge in [-0.3, -0.25) is 9.69 Å². The van der Waals surface area contributed by atoms with E-state index >= 15 is 0 Å². The number of hydrogen-bond donors (Lipinski definition) is 2. The third-order valence-electron chi connectivity index (χ3n) is 2.87. The Hall–Kier alpha value is -2.08. The Morgan fingerprint density at radius 3 is 2.38 bits per heavy atom. The van der Waals surface area contributed by atoms with Gasteiger partial charge in [-0.25, -0.2) is 4.79 Å². The highest BCUT2D eigenvalue weighted by molar-refractivity contribution is 5.92. The van der Waals surface area contributed by atoms with Crippen LogP contribution in [-0.2, 0) is 4.79 Å². The monoisotopic (exact) mass is 293 g/mol. The molecular weight excluding hydrogens is 270 g/mol. The molecule has 0 aromatic heterocycles. The van der Waals surface area contributed by atoms with Gasteiger partial charge in [0.25, 0.3) is 0 Å². The molecule has 0 saturated heterocycles. The number of carbonyl (C=O) groups excluding carboxylic acids is 1. The van der Waals surface area contributed by atoms with Gasteiger partial charge in [-0.2, -0.15) is 0 Å². The standard InChI is InChI=1S/C15H23N3O3/c1-12(11-17(2)3)16-15(21)18(10-9-14(19)20)13-7-5-4-6-8-13/h4-8,12H,9-11H2,1-3H3,(H,16,21)(H,19,20).